The minimum absolute atomic E-state index is 0. The maximum atomic E-state index is 13.2. The van der Waals surface area contributed by atoms with Crippen molar-refractivity contribution in [3.63, 3.8) is 0 Å². The monoisotopic (exact) mass is 526 g/mol. The van der Waals surface area contributed by atoms with E-state index in [0.29, 0.717) is 17.6 Å². The Balaban J connectivity index is 0.00000288. The number of thiazole rings is 1. The van der Waals surface area contributed by atoms with E-state index in [4.69, 9.17) is 0 Å². The molecule has 0 atom stereocenters. The van der Waals surface area contributed by atoms with Crippen LogP contribution in [0.1, 0.15) is 21.1 Å². The van der Waals surface area contributed by atoms with Crippen LogP contribution in [-0.4, -0.2) is 24.5 Å². The zero-order valence-corrected chi connectivity index (χ0v) is 18.6. The van der Waals surface area contributed by atoms with E-state index in [1.807, 2.05) is 6.92 Å². The first-order chi connectivity index (χ1) is 11.0. The molecule has 0 amide bonds. The lowest BCUT2D eigenvalue weighted by molar-refractivity contribution is 0.620. The van der Waals surface area contributed by atoms with Crippen LogP contribution in [0.25, 0.3) is 0 Å². The first kappa shape index (κ1) is 21.3. The van der Waals surface area contributed by atoms with Gasteiger partial charge in [0.1, 0.15) is 10.8 Å². The molecule has 0 aliphatic heterocycles. The number of nitrogens with zero attached hydrogens (tertiary/aromatic N) is 2. The van der Waals surface area contributed by atoms with E-state index < -0.39 is 0 Å². The molecule has 1 heterocycles. The second-order valence-corrected chi connectivity index (χ2v) is 7.24. The summed E-state index contributed by atoms with van der Waals surface area (Å²) in [6.45, 7) is 5.46. The first-order valence-electron chi connectivity index (χ1n) is 7.31. The van der Waals surface area contributed by atoms with E-state index in [0.717, 1.165) is 28.6 Å². The summed E-state index contributed by atoms with van der Waals surface area (Å²) < 4.78 is 13.7. The van der Waals surface area contributed by atoms with Crippen LogP contribution >= 0.6 is 51.2 Å². The van der Waals surface area contributed by atoms with Gasteiger partial charge < -0.3 is 10.6 Å². The average Bonchev–Trinajstić information content (AvgIpc) is 2.85. The number of aromatic nitrogens is 1. The van der Waals surface area contributed by atoms with Crippen LogP contribution in [0.15, 0.2) is 27.7 Å². The van der Waals surface area contributed by atoms with Crippen molar-refractivity contribution in [2.24, 2.45) is 4.99 Å². The molecule has 0 spiro atoms. The second-order valence-electron chi connectivity index (χ2n) is 5.10. The Hall–Kier alpha value is -0.740. The van der Waals surface area contributed by atoms with Crippen molar-refractivity contribution in [1.82, 2.24) is 15.6 Å². The van der Waals surface area contributed by atoms with E-state index in [1.54, 1.807) is 30.5 Å². The third kappa shape index (κ3) is 6.29. The Labute approximate surface area is 171 Å². The molecule has 132 valence electrons. The van der Waals surface area contributed by atoms with Crippen molar-refractivity contribution in [2.45, 2.75) is 26.8 Å². The summed E-state index contributed by atoms with van der Waals surface area (Å²) in [5.74, 6) is 0.491. The largest absolute Gasteiger partial charge is 0.356 e. The normalized spacial score (nSPS) is 11.1. The lowest BCUT2D eigenvalue weighted by Gasteiger charge is -2.11. The van der Waals surface area contributed by atoms with Crippen molar-refractivity contribution < 1.29 is 4.39 Å². The van der Waals surface area contributed by atoms with E-state index in [1.165, 1.54) is 10.9 Å². The fourth-order valence-corrected chi connectivity index (χ4v) is 3.32. The van der Waals surface area contributed by atoms with Gasteiger partial charge in [-0.2, -0.15) is 0 Å². The molecule has 0 saturated heterocycles. The summed E-state index contributed by atoms with van der Waals surface area (Å²) in [6.07, 6.45) is 0.787. The van der Waals surface area contributed by atoms with Gasteiger partial charge in [-0.3, -0.25) is 4.99 Å². The van der Waals surface area contributed by atoms with Gasteiger partial charge in [-0.15, -0.1) is 35.3 Å². The summed E-state index contributed by atoms with van der Waals surface area (Å²) >= 11 is 4.90. The molecule has 0 bridgehead atoms. The van der Waals surface area contributed by atoms with Crippen molar-refractivity contribution in [1.29, 1.82) is 0 Å². The van der Waals surface area contributed by atoms with Crippen molar-refractivity contribution >= 4 is 57.2 Å². The maximum absolute atomic E-state index is 13.2. The average molecular weight is 527 g/mol. The molecule has 0 aliphatic rings. The molecule has 8 heteroatoms. The van der Waals surface area contributed by atoms with Crippen molar-refractivity contribution in [2.75, 3.05) is 13.6 Å². The number of hydrogen-bond acceptors (Lipinski definition) is 3. The highest BCUT2D eigenvalue weighted by Crippen LogP contribution is 2.17. The zero-order chi connectivity index (χ0) is 16.8. The second kappa shape index (κ2) is 10.3. The number of aliphatic imine (C=N–C) groups is 1. The molecular formula is C16H21BrFIN4S. The molecule has 0 radical (unpaired) electrons. The molecule has 1 aromatic carbocycles. The van der Waals surface area contributed by atoms with Crippen LogP contribution in [0.4, 0.5) is 4.39 Å². The van der Waals surface area contributed by atoms with Gasteiger partial charge in [-0.25, -0.2) is 9.37 Å². The standard InChI is InChI=1S/C16H20BrFN4S.HI/c1-10-11(2)23-15(22-10)9-21-16(19-3)20-7-6-12-4-5-14(18)13(17)8-12;/h4-5,8H,6-7,9H2,1-3H3,(H2,19,20,21);1H. The van der Waals surface area contributed by atoms with Gasteiger partial charge in [-0.05, 0) is 53.9 Å². The highest BCUT2D eigenvalue weighted by atomic mass is 127. The van der Waals surface area contributed by atoms with Gasteiger partial charge in [0.25, 0.3) is 0 Å². The number of rotatable bonds is 5. The van der Waals surface area contributed by atoms with E-state index in [-0.39, 0.29) is 29.8 Å². The molecular weight excluding hydrogens is 506 g/mol. The minimum Gasteiger partial charge on any atom is -0.356 e. The summed E-state index contributed by atoms with van der Waals surface area (Å²) in [7, 11) is 1.74. The SMILES string of the molecule is CN=C(NCCc1ccc(F)c(Br)c1)NCc1nc(C)c(C)s1.I. The first-order valence-corrected chi connectivity index (χ1v) is 8.92. The van der Waals surface area contributed by atoms with Crippen LogP contribution < -0.4 is 10.6 Å². The summed E-state index contributed by atoms with van der Waals surface area (Å²) in [5.41, 5.74) is 2.14. The number of halogens is 3. The quantitative estimate of drug-likeness (QED) is 0.349. The van der Waals surface area contributed by atoms with Crippen molar-refractivity contribution in [3.05, 3.63) is 49.6 Å². The third-order valence-electron chi connectivity index (χ3n) is 3.39. The maximum Gasteiger partial charge on any atom is 0.191 e. The molecule has 2 N–H and O–H groups in total. The van der Waals surface area contributed by atoms with E-state index in [9.17, 15) is 4.39 Å². The highest BCUT2D eigenvalue weighted by molar-refractivity contribution is 14.0. The molecule has 2 rings (SSSR count). The van der Waals surface area contributed by atoms with Crippen LogP contribution in [0, 0.1) is 19.7 Å². The Morgan fingerprint density at radius 2 is 2.08 bits per heavy atom. The highest BCUT2D eigenvalue weighted by Gasteiger charge is 2.05. The fourth-order valence-electron chi connectivity index (χ4n) is 2.02. The van der Waals surface area contributed by atoms with E-state index >= 15 is 0 Å². The molecule has 0 aliphatic carbocycles. The minimum atomic E-state index is -0.242. The van der Waals surface area contributed by atoms with Crippen LogP contribution in [0.2, 0.25) is 0 Å². The third-order valence-corrected chi connectivity index (χ3v) is 5.07. The van der Waals surface area contributed by atoms with Crippen molar-refractivity contribution in [3.8, 4) is 0 Å². The number of aryl methyl sites for hydroxylation is 2. The van der Waals surface area contributed by atoms with Gasteiger partial charge >= 0.3 is 0 Å². The molecule has 1 aromatic heterocycles. The van der Waals surface area contributed by atoms with Gasteiger partial charge in [0.05, 0.1) is 16.7 Å². The molecule has 24 heavy (non-hydrogen) atoms. The number of guanidine groups is 1. The molecule has 2 aromatic rings. The predicted octanol–water partition coefficient (Wildman–Crippen LogP) is 4.19. The van der Waals surface area contributed by atoms with Crippen LogP contribution in [0.5, 0.6) is 0 Å². The molecule has 0 fully saturated rings. The van der Waals surface area contributed by atoms with Gasteiger partial charge in [0.15, 0.2) is 5.96 Å². The summed E-state index contributed by atoms with van der Waals surface area (Å²) in [4.78, 5) is 9.93. The van der Waals surface area contributed by atoms with Crippen LogP contribution in [0.3, 0.4) is 0 Å². The number of benzene rings is 1. The number of hydrogen-bond donors (Lipinski definition) is 2. The Bertz CT molecular complexity index is 686. The smallest absolute Gasteiger partial charge is 0.191 e. The number of nitrogens with one attached hydrogen (secondary N) is 2. The molecule has 0 unspecified atom stereocenters. The van der Waals surface area contributed by atoms with Gasteiger partial charge in [0.2, 0.25) is 0 Å². The molecule has 4 nitrogen and oxygen atoms in total. The van der Waals surface area contributed by atoms with Gasteiger partial charge in [0, 0.05) is 18.5 Å². The lowest BCUT2D eigenvalue weighted by atomic mass is 10.1. The Morgan fingerprint density at radius 1 is 1.33 bits per heavy atom. The van der Waals surface area contributed by atoms with Crippen LogP contribution in [-0.2, 0) is 13.0 Å². The Kier molecular flexibility index (Phi) is 9.14. The Morgan fingerprint density at radius 3 is 2.67 bits per heavy atom. The lowest BCUT2D eigenvalue weighted by Crippen LogP contribution is -2.37. The topological polar surface area (TPSA) is 49.3 Å². The summed E-state index contributed by atoms with van der Waals surface area (Å²) in [5, 5.41) is 7.55. The fraction of sp³-hybridized carbons (Fsp3) is 0.375. The zero-order valence-electron chi connectivity index (χ0n) is 13.8. The summed E-state index contributed by atoms with van der Waals surface area (Å²) in [6, 6.07) is 5.06. The predicted molar refractivity (Wildman–Crippen MR) is 113 cm³/mol. The van der Waals surface area contributed by atoms with Gasteiger partial charge in [-0.1, -0.05) is 6.07 Å². The molecule has 0 saturated carbocycles. The van der Waals surface area contributed by atoms with E-state index in [2.05, 4.69) is 43.5 Å².